The van der Waals surface area contributed by atoms with E-state index in [1.807, 2.05) is 24.3 Å². The fourth-order valence-electron chi connectivity index (χ4n) is 4.08. The van der Waals surface area contributed by atoms with Crippen LogP contribution in [0.2, 0.25) is 4.34 Å². The van der Waals surface area contributed by atoms with Crippen LogP contribution in [0.1, 0.15) is 24.6 Å². The summed E-state index contributed by atoms with van der Waals surface area (Å²) >= 11 is 9.55. The molecule has 4 N–H and O–H groups in total. The molecule has 0 bridgehead atoms. The van der Waals surface area contributed by atoms with Crippen molar-refractivity contribution in [3.8, 4) is 0 Å². The van der Waals surface area contributed by atoms with E-state index in [0.717, 1.165) is 21.6 Å². The van der Waals surface area contributed by atoms with Gasteiger partial charge in [0, 0.05) is 4.91 Å². The average molecular weight is 551 g/mol. The number of hydrogen-bond acceptors (Lipinski definition) is 11. The molecule has 0 spiro atoms. The second-order valence-corrected chi connectivity index (χ2v) is 11.7. The Bertz CT molecular complexity index is 1390. The molecule has 1 aromatic carbocycles. The first-order chi connectivity index (χ1) is 16.8. The molecule has 1 saturated heterocycles. The number of hydrogen-bond donors (Lipinski definition) is 3. The number of β-lactam (4-membered cyclic amide) rings is 1. The number of anilines is 1. The van der Waals surface area contributed by atoms with Gasteiger partial charge in [0.2, 0.25) is 6.04 Å². The molecule has 0 saturated carbocycles. The number of thioether (sulfide) groups is 1. The van der Waals surface area contributed by atoms with Crippen LogP contribution < -0.4 is 11.1 Å². The van der Waals surface area contributed by atoms with E-state index in [4.69, 9.17) is 17.3 Å². The molecular weight excluding hydrogens is 536 g/mol. The quantitative estimate of drug-likeness (QED) is 0.295. The lowest BCUT2D eigenvalue weighted by molar-refractivity contribution is -0.156. The van der Waals surface area contributed by atoms with Crippen LogP contribution in [0, 0.1) is 4.91 Å². The molecule has 1 fully saturated rings. The van der Waals surface area contributed by atoms with E-state index in [0.29, 0.717) is 22.1 Å². The van der Waals surface area contributed by atoms with E-state index in [9.17, 15) is 24.4 Å². The third-order valence-corrected chi connectivity index (χ3v) is 8.97. The van der Waals surface area contributed by atoms with Crippen molar-refractivity contribution >= 4 is 79.2 Å². The lowest BCUT2D eigenvalue weighted by Gasteiger charge is -2.50. The Hall–Kier alpha value is -3.07. The number of fused-ring (bicyclic) bond motifs is 2. The summed E-state index contributed by atoms with van der Waals surface area (Å²) in [5, 5.41) is 15.3. The van der Waals surface area contributed by atoms with Crippen LogP contribution in [0.5, 0.6) is 0 Å². The number of benzene rings is 1. The van der Waals surface area contributed by atoms with E-state index in [1.54, 1.807) is 0 Å². The topological polar surface area (TPSA) is 168 Å². The van der Waals surface area contributed by atoms with Crippen molar-refractivity contribution in [2.24, 2.45) is 5.18 Å². The Morgan fingerprint density at radius 1 is 1.31 bits per heavy atom. The van der Waals surface area contributed by atoms with Crippen LogP contribution in [-0.4, -0.2) is 49.8 Å². The zero-order valence-electron chi connectivity index (χ0n) is 17.5. The highest BCUT2D eigenvalue weighted by molar-refractivity contribution is 8.04. The minimum absolute atomic E-state index is 0.0501. The fourth-order valence-corrected chi connectivity index (χ4v) is 7.34. The van der Waals surface area contributed by atoms with Gasteiger partial charge in [0.1, 0.15) is 21.8 Å². The zero-order valence-corrected chi connectivity index (χ0v) is 20.7. The van der Waals surface area contributed by atoms with Gasteiger partial charge >= 0.3 is 5.97 Å². The van der Waals surface area contributed by atoms with Gasteiger partial charge in [-0.2, -0.15) is 0 Å². The smallest absolute Gasteiger partial charge is 0.353 e. The van der Waals surface area contributed by atoms with Gasteiger partial charge in [-0.3, -0.25) is 14.5 Å². The maximum atomic E-state index is 12.9. The van der Waals surface area contributed by atoms with Crippen LogP contribution >= 0.6 is 46.0 Å². The number of carboxylic acids is 1. The first-order valence-corrected chi connectivity index (χ1v) is 13.0. The third-order valence-electron chi connectivity index (χ3n) is 5.62. The zero-order chi connectivity index (χ0) is 24.9. The fraction of sp³-hybridized carbons (Fsp3) is 0.250. The number of nitrogens with one attached hydrogen (secondary N) is 1. The number of carboxylic acid groups (broad SMARTS) is 1. The predicted molar refractivity (Wildman–Crippen MR) is 132 cm³/mol. The molecule has 2 amide bonds. The van der Waals surface area contributed by atoms with Crippen LogP contribution in [0.3, 0.4) is 0 Å². The van der Waals surface area contributed by atoms with Crippen molar-refractivity contribution in [3.05, 3.63) is 49.8 Å². The monoisotopic (exact) mass is 550 g/mol. The number of carbonyl (C=O) groups is 3. The number of carbonyl (C=O) groups excluding carboxylic acids is 2. The van der Waals surface area contributed by atoms with Crippen molar-refractivity contribution in [1.29, 1.82) is 0 Å². The van der Waals surface area contributed by atoms with Gasteiger partial charge in [0.15, 0.2) is 9.47 Å². The van der Waals surface area contributed by atoms with Crippen LogP contribution in [-0.2, 0) is 14.4 Å². The predicted octanol–water partition coefficient (Wildman–Crippen LogP) is 3.37. The normalized spacial score (nSPS) is 20.4. The van der Waals surface area contributed by atoms with E-state index in [-0.39, 0.29) is 20.9 Å². The Morgan fingerprint density at radius 3 is 2.74 bits per heavy atom. The summed E-state index contributed by atoms with van der Waals surface area (Å²) in [5.74, 6) is -2.69. The Labute approximate surface area is 214 Å². The molecule has 3 atom stereocenters. The van der Waals surface area contributed by atoms with Crippen LogP contribution in [0.4, 0.5) is 5.13 Å². The number of allylic oxidation sites excluding steroid dienone is 1. The highest BCUT2D eigenvalue weighted by Gasteiger charge is 2.54. The first-order valence-electron chi connectivity index (χ1n) is 10.2. The van der Waals surface area contributed by atoms with Crippen molar-refractivity contribution in [1.82, 2.24) is 20.2 Å². The number of nitrogens with zero attached hydrogens (tertiary/aromatic N) is 4. The van der Waals surface area contributed by atoms with E-state index in [2.05, 4.69) is 20.5 Å². The molecule has 2 aliphatic heterocycles. The third kappa shape index (κ3) is 4.16. The molecule has 3 unspecified atom stereocenters. The molecule has 0 aliphatic carbocycles. The Kier molecular flexibility index (Phi) is 6.21. The van der Waals surface area contributed by atoms with Crippen molar-refractivity contribution in [3.63, 3.8) is 0 Å². The molecule has 180 valence electrons. The van der Waals surface area contributed by atoms with Gasteiger partial charge in [-0.15, -0.1) is 16.2 Å². The molecule has 35 heavy (non-hydrogen) atoms. The van der Waals surface area contributed by atoms with Gasteiger partial charge in [0.25, 0.3) is 11.8 Å². The maximum absolute atomic E-state index is 12.9. The number of para-hydroxylation sites is 1. The lowest BCUT2D eigenvalue weighted by atomic mass is 9.86. The van der Waals surface area contributed by atoms with Crippen molar-refractivity contribution in [2.75, 3.05) is 5.73 Å². The van der Waals surface area contributed by atoms with Gasteiger partial charge < -0.3 is 16.2 Å². The van der Waals surface area contributed by atoms with E-state index >= 15 is 0 Å². The van der Waals surface area contributed by atoms with Crippen molar-refractivity contribution < 1.29 is 19.5 Å². The Balaban J connectivity index is 1.35. The van der Waals surface area contributed by atoms with E-state index in [1.165, 1.54) is 28.0 Å². The number of nitrogen functional groups attached to an aromatic ring is 1. The molecule has 4 heterocycles. The summed E-state index contributed by atoms with van der Waals surface area (Å²) in [6.07, 6.45) is 0.803. The number of thiazole rings is 2. The van der Waals surface area contributed by atoms with Crippen LogP contribution in [0.15, 0.2) is 44.4 Å². The number of amides is 2. The molecule has 2 aromatic heterocycles. The number of nitroso groups, excluding NO2 is 1. The summed E-state index contributed by atoms with van der Waals surface area (Å²) < 4.78 is 1.70. The molecule has 3 aromatic rings. The molecule has 0 radical (unpaired) electrons. The molecule has 5 rings (SSSR count). The highest BCUT2D eigenvalue weighted by atomic mass is 35.5. The van der Waals surface area contributed by atoms with Crippen molar-refractivity contribution in [2.45, 2.75) is 35.3 Å². The molecule has 11 nitrogen and oxygen atoms in total. The second-order valence-electron chi connectivity index (χ2n) is 7.65. The molecular formula is C20H15ClN6O5S3. The van der Waals surface area contributed by atoms with Gasteiger partial charge in [-0.05, 0) is 30.2 Å². The number of aliphatic carboxylic acids is 1. The number of nitrogens with two attached hydrogens (primary N) is 1. The first kappa shape index (κ1) is 23.7. The largest absolute Gasteiger partial charge is 0.477 e. The number of aromatic nitrogens is 2. The van der Waals surface area contributed by atoms with E-state index < -0.39 is 35.9 Å². The minimum Gasteiger partial charge on any atom is -0.477 e. The summed E-state index contributed by atoms with van der Waals surface area (Å²) in [7, 11) is 0. The van der Waals surface area contributed by atoms with Gasteiger partial charge in [-0.25, -0.2) is 14.8 Å². The highest BCUT2D eigenvalue weighted by Crippen LogP contribution is 2.45. The lowest BCUT2D eigenvalue weighted by Crippen LogP contribution is -2.71. The van der Waals surface area contributed by atoms with Crippen LogP contribution in [0.25, 0.3) is 10.2 Å². The average Bonchev–Trinajstić information content (AvgIpc) is 3.38. The summed E-state index contributed by atoms with van der Waals surface area (Å²) in [5.41, 5.74) is 6.18. The SMILES string of the molecule is Nc1nc(C(N=O)C(=O)NC2C(=O)N3C(C(=O)O)=C(Sc4nc5ccccc5s4)CCC23)c(Cl)s1. The molecule has 15 heteroatoms. The summed E-state index contributed by atoms with van der Waals surface area (Å²) in [4.78, 5) is 59.2. The summed E-state index contributed by atoms with van der Waals surface area (Å²) in [6, 6.07) is 4.43. The second kappa shape index (κ2) is 9.18. The Morgan fingerprint density at radius 2 is 2.09 bits per heavy atom. The van der Waals surface area contributed by atoms with Gasteiger partial charge in [0.05, 0.1) is 16.3 Å². The maximum Gasteiger partial charge on any atom is 0.353 e. The number of halogens is 1. The number of rotatable bonds is 7. The summed E-state index contributed by atoms with van der Waals surface area (Å²) in [6.45, 7) is 0. The standard InChI is InChI=1S/C20H15ClN6O5S3/c21-15-12(25-19(22)35-15)13(26-32)16(28)24-11-8-5-6-10(14(18(30)31)27(8)17(11)29)34-20-23-7-3-1-2-4-9(7)33-20/h1-4,8,11,13H,5-6H2,(H2,22,25)(H,24,28)(H,30,31). The minimum atomic E-state index is -1.58. The van der Waals surface area contributed by atoms with Gasteiger partial charge in [-0.1, -0.05) is 46.8 Å². The molecule has 2 aliphatic rings.